The third-order valence-electron chi connectivity index (χ3n) is 4.14. The molecule has 0 aliphatic carbocycles. The highest BCUT2D eigenvalue weighted by molar-refractivity contribution is 7.99. The van der Waals surface area contributed by atoms with Crippen LogP contribution in [0.2, 0.25) is 0 Å². The van der Waals surface area contributed by atoms with Crippen LogP contribution in [-0.2, 0) is 16.6 Å². The quantitative estimate of drug-likeness (QED) is 0.508. The van der Waals surface area contributed by atoms with Crippen LogP contribution in [0, 0.1) is 6.92 Å². The summed E-state index contributed by atoms with van der Waals surface area (Å²) in [6.07, 6.45) is 0. The number of hydrogen-bond acceptors (Lipinski definition) is 6. The predicted octanol–water partition coefficient (Wildman–Crippen LogP) is 3.31. The molecule has 0 fully saturated rings. The highest BCUT2D eigenvalue weighted by Gasteiger charge is 2.14. The van der Waals surface area contributed by atoms with Crippen molar-refractivity contribution in [3.63, 3.8) is 0 Å². The minimum absolute atomic E-state index is 0.170. The van der Waals surface area contributed by atoms with Crippen LogP contribution < -0.4 is 5.32 Å². The summed E-state index contributed by atoms with van der Waals surface area (Å²) in [5.74, 6) is 0.370. The molecule has 7 nitrogen and oxygen atoms in total. The largest absolute Gasteiger partial charge is 0.465 e. The molecule has 8 heteroatoms. The zero-order valence-corrected chi connectivity index (χ0v) is 16.6. The highest BCUT2D eigenvalue weighted by atomic mass is 32.2. The van der Waals surface area contributed by atoms with E-state index in [2.05, 4.69) is 20.3 Å². The van der Waals surface area contributed by atoms with Crippen molar-refractivity contribution in [2.24, 2.45) is 7.05 Å². The average molecular weight is 396 g/mol. The number of carbonyl (C=O) groups excluding carboxylic acids is 2. The molecule has 1 amide bonds. The van der Waals surface area contributed by atoms with Crippen LogP contribution in [0.3, 0.4) is 0 Å². The number of thioether (sulfide) groups is 1. The topological polar surface area (TPSA) is 86.1 Å². The van der Waals surface area contributed by atoms with Gasteiger partial charge in [-0.3, -0.25) is 4.79 Å². The third kappa shape index (κ3) is 4.40. The lowest BCUT2D eigenvalue weighted by Crippen LogP contribution is -2.14. The van der Waals surface area contributed by atoms with E-state index < -0.39 is 5.97 Å². The van der Waals surface area contributed by atoms with Gasteiger partial charge in [0.15, 0.2) is 11.0 Å². The number of rotatable bonds is 6. The van der Waals surface area contributed by atoms with Gasteiger partial charge in [-0.25, -0.2) is 4.79 Å². The Labute approximate surface area is 167 Å². The van der Waals surface area contributed by atoms with Crippen molar-refractivity contribution in [2.45, 2.75) is 12.1 Å². The molecule has 144 valence electrons. The van der Waals surface area contributed by atoms with Crippen molar-refractivity contribution in [2.75, 3.05) is 18.2 Å². The Balaban J connectivity index is 1.61. The summed E-state index contributed by atoms with van der Waals surface area (Å²) >= 11 is 1.31. The second-order valence-electron chi connectivity index (χ2n) is 6.09. The highest BCUT2D eigenvalue weighted by Crippen LogP contribution is 2.25. The summed E-state index contributed by atoms with van der Waals surface area (Å²) in [5.41, 5.74) is 3.16. The Morgan fingerprint density at radius 1 is 1.11 bits per heavy atom. The first-order valence-electron chi connectivity index (χ1n) is 8.56. The van der Waals surface area contributed by atoms with Gasteiger partial charge in [-0.1, -0.05) is 36.0 Å². The van der Waals surface area contributed by atoms with Crippen molar-refractivity contribution in [3.05, 3.63) is 59.7 Å². The van der Waals surface area contributed by atoms with Gasteiger partial charge in [0.1, 0.15) is 0 Å². The van der Waals surface area contributed by atoms with Crippen molar-refractivity contribution < 1.29 is 14.3 Å². The van der Waals surface area contributed by atoms with Gasteiger partial charge in [-0.05, 0) is 36.8 Å². The number of amides is 1. The summed E-state index contributed by atoms with van der Waals surface area (Å²) in [6, 6.07) is 14.5. The number of ether oxygens (including phenoxy) is 1. The normalized spacial score (nSPS) is 10.5. The van der Waals surface area contributed by atoms with Crippen LogP contribution >= 0.6 is 11.8 Å². The van der Waals surface area contributed by atoms with Crippen LogP contribution in [0.1, 0.15) is 15.9 Å². The monoisotopic (exact) mass is 396 g/mol. The molecule has 0 aliphatic heterocycles. The first-order valence-corrected chi connectivity index (χ1v) is 9.54. The van der Waals surface area contributed by atoms with Gasteiger partial charge in [0, 0.05) is 18.3 Å². The number of carbonyl (C=O) groups is 2. The molecule has 0 saturated heterocycles. The first-order chi connectivity index (χ1) is 13.5. The van der Waals surface area contributed by atoms with Gasteiger partial charge in [0.25, 0.3) is 0 Å². The number of benzene rings is 2. The van der Waals surface area contributed by atoms with Gasteiger partial charge in [-0.2, -0.15) is 0 Å². The van der Waals surface area contributed by atoms with E-state index in [4.69, 9.17) is 0 Å². The molecule has 0 bridgehead atoms. The maximum absolute atomic E-state index is 12.2. The summed E-state index contributed by atoms with van der Waals surface area (Å²) in [4.78, 5) is 23.7. The Bertz CT molecular complexity index is 999. The average Bonchev–Trinajstić information content (AvgIpc) is 3.07. The molecule has 0 spiro atoms. The van der Waals surface area contributed by atoms with Gasteiger partial charge in [-0.15, -0.1) is 10.2 Å². The molecule has 28 heavy (non-hydrogen) atoms. The molecular weight excluding hydrogens is 376 g/mol. The molecule has 3 aromatic rings. The SMILES string of the molecule is COC(=O)c1ccc(NC(=O)CSc2nnc(-c3ccccc3C)n2C)cc1. The van der Waals surface area contributed by atoms with E-state index in [-0.39, 0.29) is 11.7 Å². The second kappa shape index (κ2) is 8.71. The Morgan fingerprint density at radius 2 is 1.82 bits per heavy atom. The lowest BCUT2D eigenvalue weighted by atomic mass is 10.1. The fraction of sp³-hybridized carbons (Fsp3) is 0.200. The minimum atomic E-state index is -0.417. The first kappa shape index (κ1) is 19.6. The van der Waals surface area contributed by atoms with Crippen molar-refractivity contribution in [1.29, 1.82) is 0 Å². The minimum Gasteiger partial charge on any atom is -0.465 e. The lowest BCUT2D eigenvalue weighted by molar-refractivity contribution is -0.113. The van der Waals surface area contributed by atoms with E-state index in [1.807, 2.05) is 42.8 Å². The Morgan fingerprint density at radius 3 is 2.50 bits per heavy atom. The summed E-state index contributed by atoms with van der Waals surface area (Å²) in [6.45, 7) is 2.02. The molecule has 1 heterocycles. The number of aryl methyl sites for hydroxylation is 1. The van der Waals surface area contributed by atoms with Gasteiger partial charge in [0.05, 0.1) is 18.4 Å². The lowest BCUT2D eigenvalue weighted by Gasteiger charge is -2.07. The molecule has 0 saturated carbocycles. The molecular formula is C20H20N4O3S. The van der Waals surface area contributed by atoms with E-state index in [9.17, 15) is 9.59 Å². The summed E-state index contributed by atoms with van der Waals surface area (Å²) in [7, 11) is 3.21. The fourth-order valence-electron chi connectivity index (χ4n) is 2.63. The van der Waals surface area contributed by atoms with Crippen LogP contribution in [0.25, 0.3) is 11.4 Å². The molecule has 0 atom stereocenters. The zero-order valence-electron chi connectivity index (χ0n) is 15.8. The van der Waals surface area contributed by atoms with Crippen LogP contribution in [0.15, 0.2) is 53.7 Å². The maximum atomic E-state index is 12.2. The van der Waals surface area contributed by atoms with Crippen LogP contribution in [-0.4, -0.2) is 39.5 Å². The number of nitrogens with zero attached hydrogens (tertiary/aromatic N) is 3. The van der Waals surface area contributed by atoms with Gasteiger partial charge in [0.2, 0.25) is 5.91 Å². The number of aromatic nitrogens is 3. The van der Waals surface area contributed by atoms with E-state index in [1.165, 1.54) is 18.9 Å². The van der Waals surface area contributed by atoms with Crippen molar-refractivity contribution in [1.82, 2.24) is 14.8 Å². The molecule has 0 radical (unpaired) electrons. The van der Waals surface area contributed by atoms with Crippen LogP contribution in [0.4, 0.5) is 5.69 Å². The summed E-state index contributed by atoms with van der Waals surface area (Å²) in [5, 5.41) is 11.9. The Hall–Kier alpha value is -3.13. The molecule has 1 N–H and O–H groups in total. The second-order valence-corrected chi connectivity index (χ2v) is 7.03. The van der Waals surface area contributed by atoms with Crippen molar-refractivity contribution in [3.8, 4) is 11.4 Å². The van der Waals surface area contributed by atoms with E-state index in [1.54, 1.807) is 24.3 Å². The summed E-state index contributed by atoms with van der Waals surface area (Å²) < 4.78 is 6.53. The third-order valence-corrected chi connectivity index (χ3v) is 5.16. The number of hydrogen-bond donors (Lipinski definition) is 1. The zero-order chi connectivity index (χ0) is 20.1. The predicted molar refractivity (Wildman–Crippen MR) is 108 cm³/mol. The van der Waals surface area contributed by atoms with Crippen molar-refractivity contribution >= 4 is 29.3 Å². The van der Waals surface area contributed by atoms with E-state index >= 15 is 0 Å². The smallest absolute Gasteiger partial charge is 0.337 e. The van der Waals surface area contributed by atoms with Gasteiger partial charge >= 0.3 is 5.97 Å². The van der Waals surface area contributed by atoms with Crippen LogP contribution in [0.5, 0.6) is 0 Å². The number of methoxy groups -OCH3 is 1. The van der Waals surface area contributed by atoms with E-state index in [0.717, 1.165) is 17.0 Å². The molecule has 0 aliphatic rings. The number of anilines is 1. The molecule has 1 aromatic heterocycles. The molecule has 3 rings (SSSR count). The van der Waals surface area contributed by atoms with E-state index in [0.29, 0.717) is 16.4 Å². The van der Waals surface area contributed by atoms with Gasteiger partial charge < -0.3 is 14.6 Å². The molecule has 2 aromatic carbocycles. The maximum Gasteiger partial charge on any atom is 0.337 e. The standard InChI is InChI=1S/C20H20N4O3S/c1-13-6-4-5-7-16(13)18-22-23-20(24(18)2)28-12-17(25)21-15-10-8-14(9-11-15)19(26)27-3/h4-11H,12H2,1-3H3,(H,21,25). The number of esters is 1. The fourth-order valence-corrected chi connectivity index (χ4v) is 3.34. The molecule has 0 unspecified atom stereocenters. The Kier molecular flexibility index (Phi) is 6.10. The number of nitrogens with one attached hydrogen (secondary N) is 1.